The normalized spacial score (nSPS) is 20.4. The van der Waals surface area contributed by atoms with Gasteiger partial charge in [-0.05, 0) is 57.0 Å². The Labute approximate surface area is 121 Å². The van der Waals surface area contributed by atoms with Crippen molar-refractivity contribution in [1.82, 2.24) is 9.62 Å². The summed E-state index contributed by atoms with van der Waals surface area (Å²) in [5, 5.41) is 0. The van der Waals surface area contributed by atoms with Crippen LogP contribution in [0.1, 0.15) is 17.5 Å². The quantitative estimate of drug-likeness (QED) is 0.817. The fourth-order valence-corrected chi connectivity index (χ4v) is 4.36. The van der Waals surface area contributed by atoms with Gasteiger partial charge in [0.1, 0.15) is 0 Å². The lowest BCUT2D eigenvalue weighted by Crippen LogP contribution is -2.31. The molecule has 1 fully saturated rings. The topological polar surface area (TPSA) is 75.4 Å². The minimum absolute atomic E-state index is 0.323. The molecular formula is C14H23N3O2S. The maximum atomic E-state index is 12.5. The Morgan fingerprint density at radius 3 is 2.70 bits per heavy atom. The number of nitrogens with two attached hydrogens (primary N) is 1. The standard InChI is InChI=1S/C14H23N3O2S/c1-10-4-5-13(15)11(2)14(10)20(18,19)16-8-12-6-7-17(3)9-12/h4-5,12,16H,6-9,15H2,1-3H3. The summed E-state index contributed by atoms with van der Waals surface area (Å²) in [4.78, 5) is 2.54. The molecular weight excluding hydrogens is 274 g/mol. The van der Waals surface area contributed by atoms with E-state index in [-0.39, 0.29) is 0 Å². The molecule has 1 aliphatic heterocycles. The average molecular weight is 297 g/mol. The number of hydrogen-bond donors (Lipinski definition) is 2. The highest BCUT2D eigenvalue weighted by molar-refractivity contribution is 7.89. The van der Waals surface area contributed by atoms with Crippen molar-refractivity contribution >= 4 is 15.7 Å². The summed E-state index contributed by atoms with van der Waals surface area (Å²) in [6, 6.07) is 3.50. The maximum Gasteiger partial charge on any atom is 0.241 e. The number of rotatable bonds is 4. The van der Waals surface area contributed by atoms with Crippen LogP contribution in [0.3, 0.4) is 0 Å². The first kappa shape index (κ1) is 15.3. The van der Waals surface area contributed by atoms with E-state index in [1.165, 1.54) is 0 Å². The first-order valence-electron chi connectivity index (χ1n) is 6.85. The van der Waals surface area contributed by atoms with Crippen molar-refractivity contribution in [3.8, 4) is 0 Å². The van der Waals surface area contributed by atoms with Crippen LogP contribution in [0.5, 0.6) is 0 Å². The van der Waals surface area contributed by atoms with E-state index in [1.807, 2.05) is 0 Å². The number of sulfonamides is 1. The van der Waals surface area contributed by atoms with Gasteiger partial charge in [-0.25, -0.2) is 13.1 Å². The molecule has 1 unspecified atom stereocenters. The largest absolute Gasteiger partial charge is 0.398 e. The zero-order valence-corrected chi connectivity index (χ0v) is 13.1. The van der Waals surface area contributed by atoms with Gasteiger partial charge in [0.2, 0.25) is 10.0 Å². The number of likely N-dealkylation sites (tertiary alicyclic amines) is 1. The molecule has 0 saturated carbocycles. The van der Waals surface area contributed by atoms with E-state index in [0.717, 1.165) is 25.1 Å². The van der Waals surface area contributed by atoms with Gasteiger partial charge in [-0.1, -0.05) is 6.07 Å². The number of nitrogens with one attached hydrogen (secondary N) is 1. The molecule has 2 rings (SSSR count). The SMILES string of the molecule is Cc1ccc(N)c(C)c1S(=O)(=O)NCC1CCN(C)C1. The van der Waals surface area contributed by atoms with E-state index in [2.05, 4.69) is 16.7 Å². The molecule has 0 radical (unpaired) electrons. The first-order valence-corrected chi connectivity index (χ1v) is 8.33. The van der Waals surface area contributed by atoms with Crippen LogP contribution >= 0.6 is 0 Å². The van der Waals surface area contributed by atoms with Gasteiger partial charge in [0.25, 0.3) is 0 Å². The summed E-state index contributed by atoms with van der Waals surface area (Å²) in [7, 11) is -1.44. The molecule has 0 bridgehead atoms. The van der Waals surface area contributed by atoms with Crippen molar-refractivity contribution in [2.75, 3.05) is 32.4 Å². The molecule has 1 aliphatic rings. The van der Waals surface area contributed by atoms with E-state index in [4.69, 9.17) is 5.73 Å². The molecule has 1 atom stereocenters. The molecule has 0 aromatic heterocycles. The Bertz CT molecular complexity index is 599. The summed E-state index contributed by atoms with van der Waals surface area (Å²) in [6.45, 7) is 6.01. The van der Waals surface area contributed by atoms with Gasteiger partial charge in [-0.15, -0.1) is 0 Å². The van der Waals surface area contributed by atoms with Crippen molar-refractivity contribution < 1.29 is 8.42 Å². The molecule has 0 aliphatic carbocycles. The highest BCUT2D eigenvalue weighted by Crippen LogP contribution is 2.25. The van der Waals surface area contributed by atoms with Gasteiger partial charge >= 0.3 is 0 Å². The molecule has 20 heavy (non-hydrogen) atoms. The number of nitrogens with zero attached hydrogens (tertiary/aromatic N) is 1. The highest BCUT2D eigenvalue weighted by Gasteiger charge is 2.24. The van der Waals surface area contributed by atoms with Crippen molar-refractivity contribution in [1.29, 1.82) is 0 Å². The fourth-order valence-electron chi connectivity index (χ4n) is 2.75. The lowest BCUT2D eigenvalue weighted by atomic mass is 10.1. The van der Waals surface area contributed by atoms with Gasteiger partial charge in [-0.2, -0.15) is 0 Å². The third-order valence-corrected chi connectivity index (χ3v) is 5.68. The number of benzene rings is 1. The van der Waals surface area contributed by atoms with Gasteiger partial charge in [0.15, 0.2) is 0 Å². The minimum Gasteiger partial charge on any atom is -0.398 e. The molecule has 1 heterocycles. The molecule has 5 nitrogen and oxygen atoms in total. The monoisotopic (exact) mass is 297 g/mol. The lowest BCUT2D eigenvalue weighted by molar-refractivity contribution is 0.394. The Kier molecular flexibility index (Phi) is 4.36. The highest BCUT2D eigenvalue weighted by atomic mass is 32.2. The number of hydrogen-bond acceptors (Lipinski definition) is 4. The Balaban J connectivity index is 2.17. The van der Waals surface area contributed by atoms with Gasteiger partial charge < -0.3 is 10.6 Å². The molecule has 112 valence electrons. The van der Waals surface area contributed by atoms with Crippen LogP contribution in [0.4, 0.5) is 5.69 Å². The molecule has 1 aromatic rings. The van der Waals surface area contributed by atoms with Crippen molar-refractivity contribution in [3.05, 3.63) is 23.3 Å². The van der Waals surface area contributed by atoms with Crippen LogP contribution in [0, 0.1) is 19.8 Å². The minimum atomic E-state index is -3.50. The van der Waals surface area contributed by atoms with Crippen molar-refractivity contribution in [2.45, 2.75) is 25.2 Å². The summed E-state index contributed by atoms with van der Waals surface area (Å²) >= 11 is 0. The van der Waals surface area contributed by atoms with Crippen molar-refractivity contribution in [2.24, 2.45) is 5.92 Å². The van der Waals surface area contributed by atoms with Gasteiger partial charge in [0, 0.05) is 18.8 Å². The number of aryl methyl sites for hydroxylation is 1. The predicted molar refractivity (Wildman–Crippen MR) is 81.1 cm³/mol. The second-order valence-electron chi connectivity index (χ2n) is 5.69. The molecule has 1 aromatic carbocycles. The molecule has 0 amide bonds. The van der Waals surface area contributed by atoms with Gasteiger partial charge in [-0.3, -0.25) is 0 Å². The molecule has 3 N–H and O–H groups in total. The van der Waals surface area contributed by atoms with E-state index in [9.17, 15) is 8.42 Å². The van der Waals surface area contributed by atoms with Crippen LogP contribution in [-0.2, 0) is 10.0 Å². The van der Waals surface area contributed by atoms with Crippen molar-refractivity contribution in [3.63, 3.8) is 0 Å². The average Bonchev–Trinajstić information content (AvgIpc) is 2.78. The second kappa shape index (κ2) is 5.71. The molecule has 1 saturated heterocycles. The zero-order valence-electron chi connectivity index (χ0n) is 12.3. The van der Waals surface area contributed by atoms with Crippen LogP contribution in [0.15, 0.2) is 17.0 Å². The lowest BCUT2D eigenvalue weighted by Gasteiger charge is -2.16. The van der Waals surface area contributed by atoms with Gasteiger partial charge in [0.05, 0.1) is 4.90 Å². The summed E-state index contributed by atoms with van der Waals surface area (Å²) in [5.74, 6) is 0.386. The smallest absolute Gasteiger partial charge is 0.241 e. The van der Waals surface area contributed by atoms with E-state index >= 15 is 0 Å². The Hall–Kier alpha value is -1.11. The summed E-state index contributed by atoms with van der Waals surface area (Å²) < 4.78 is 27.7. The third-order valence-electron chi connectivity index (χ3n) is 3.96. The van der Waals surface area contributed by atoms with E-state index < -0.39 is 10.0 Å². The second-order valence-corrected chi connectivity index (χ2v) is 7.40. The number of anilines is 1. The van der Waals surface area contributed by atoms with Crippen LogP contribution in [-0.4, -0.2) is 40.0 Å². The Morgan fingerprint density at radius 2 is 2.10 bits per heavy atom. The Morgan fingerprint density at radius 1 is 1.40 bits per heavy atom. The summed E-state index contributed by atoms with van der Waals surface area (Å²) in [6.07, 6.45) is 1.04. The van der Waals surface area contributed by atoms with Crippen LogP contribution < -0.4 is 10.5 Å². The fraction of sp³-hybridized carbons (Fsp3) is 0.571. The predicted octanol–water partition coefficient (Wildman–Crippen LogP) is 1.12. The first-order chi connectivity index (χ1) is 9.31. The van der Waals surface area contributed by atoms with Crippen LogP contribution in [0.2, 0.25) is 0 Å². The number of nitrogen functional groups attached to an aromatic ring is 1. The van der Waals surface area contributed by atoms with Crippen LogP contribution in [0.25, 0.3) is 0 Å². The molecule has 6 heteroatoms. The zero-order chi connectivity index (χ0) is 14.9. The molecule has 0 spiro atoms. The summed E-state index contributed by atoms with van der Waals surface area (Å²) in [5.41, 5.74) is 7.69. The van der Waals surface area contributed by atoms with E-state index in [1.54, 1.807) is 26.0 Å². The third kappa shape index (κ3) is 3.13. The maximum absolute atomic E-state index is 12.5. The van der Waals surface area contributed by atoms with E-state index in [0.29, 0.717) is 28.6 Å².